The molecule has 0 spiro atoms. The van der Waals surface area contributed by atoms with Crippen molar-refractivity contribution in [2.45, 2.75) is 12.6 Å². The van der Waals surface area contributed by atoms with E-state index in [0.717, 1.165) is 16.8 Å². The van der Waals surface area contributed by atoms with Crippen LogP contribution < -0.4 is 11.5 Å². The van der Waals surface area contributed by atoms with Crippen molar-refractivity contribution >= 4 is 5.69 Å². The maximum absolute atomic E-state index is 5.84. The number of rotatable bonds is 0. The Morgan fingerprint density at radius 3 is 3.00 bits per heavy atom. The number of fused-ring (bicyclic) bond motifs is 1. The molecule has 3 nitrogen and oxygen atoms in total. The molecule has 0 saturated carbocycles. The van der Waals surface area contributed by atoms with E-state index in [1.165, 1.54) is 0 Å². The van der Waals surface area contributed by atoms with Crippen molar-refractivity contribution in [3.8, 4) is 0 Å². The van der Waals surface area contributed by atoms with E-state index < -0.39 is 0 Å². The molecule has 1 aromatic carbocycles. The monoisotopic (exact) mass is 164 g/mol. The second-order valence-corrected chi connectivity index (χ2v) is 3.04. The Bertz CT molecular complexity index is 299. The Labute approximate surface area is 71.3 Å². The molecular weight excluding hydrogens is 152 g/mol. The minimum absolute atomic E-state index is 0.0602. The average Bonchev–Trinajstić information content (AvgIpc) is 2.04. The molecule has 4 N–H and O–H groups in total. The van der Waals surface area contributed by atoms with Crippen molar-refractivity contribution in [3.05, 3.63) is 29.3 Å². The largest absolute Gasteiger partial charge is 0.398 e. The van der Waals surface area contributed by atoms with Crippen LogP contribution in [0.3, 0.4) is 0 Å². The van der Waals surface area contributed by atoms with E-state index in [0.29, 0.717) is 13.2 Å². The summed E-state index contributed by atoms with van der Waals surface area (Å²) in [5, 5.41) is 0. The van der Waals surface area contributed by atoms with Gasteiger partial charge >= 0.3 is 0 Å². The van der Waals surface area contributed by atoms with Crippen LogP contribution in [-0.2, 0) is 11.3 Å². The first kappa shape index (κ1) is 7.58. The number of hydrogen-bond acceptors (Lipinski definition) is 3. The molecule has 0 radical (unpaired) electrons. The number of benzene rings is 1. The van der Waals surface area contributed by atoms with Crippen LogP contribution in [0, 0.1) is 0 Å². The molecule has 2 rings (SSSR count). The number of nitrogens with two attached hydrogens (primary N) is 2. The smallest absolute Gasteiger partial charge is 0.0721 e. The minimum Gasteiger partial charge on any atom is -0.398 e. The summed E-state index contributed by atoms with van der Waals surface area (Å²) in [6.45, 7) is 1.20. The van der Waals surface area contributed by atoms with Gasteiger partial charge in [0.25, 0.3) is 0 Å². The Morgan fingerprint density at radius 2 is 2.25 bits per heavy atom. The average molecular weight is 164 g/mol. The highest BCUT2D eigenvalue weighted by atomic mass is 16.5. The van der Waals surface area contributed by atoms with E-state index in [4.69, 9.17) is 16.2 Å². The van der Waals surface area contributed by atoms with Gasteiger partial charge in [0.2, 0.25) is 0 Å². The summed E-state index contributed by atoms with van der Waals surface area (Å²) >= 11 is 0. The molecule has 0 saturated heterocycles. The van der Waals surface area contributed by atoms with Crippen molar-refractivity contribution in [2.24, 2.45) is 5.73 Å². The summed E-state index contributed by atoms with van der Waals surface area (Å²) in [5.74, 6) is 0. The number of nitrogen functional groups attached to an aromatic ring is 1. The number of anilines is 1. The summed E-state index contributed by atoms with van der Waals surface area (Å²) in [6.07, 6.45) is 0. The quantitative estimate of drug-likeness (QED) is 0.557. The third kappa shape index (κ3) is 1.07. The number of ether oxygens (including phenoxy) is 1. The van der Waals surface area contributed by atoms with Crippen LogP contribution in [0.2, 0.25) is 0 Å². The summed E-state index contributed by atoms with van der Waals surface area (Å²) in [6, 6.07) is 5.75. The fraction of sp³-hybridized carbons (Fsp3) is 0.333. The standard InChI is InChI=1S/C9H12N2O/c10-7-3-1-2-6-4-12-5-8(11)9(6)7/h1-3,8H,4-5,10-11H2/t8-/m0/s1. The molecule has 1 atom stereocenters. The molecule has 0 bridgehead atoms. The molecule has 0 unspecified atom stereocenters. The predicted molar refractivity (Wildman–Crippen MR) is 47.4 cm³/mol. The normalized spacial score (nSPS) is 21.9. The first-order valence-corrected chi connectivity index (χ1v) is 3.99. The van der Waals surface area contributed by atoms with Gasteiger partial charge in [-0.05, 0) is 17.2 Å². The zero-order valence-electron chi connectivity index (χ0n) is 6.79. The SMILES string of the molecule is Nc1cccc2c1[C@@H](N)COC2. The van der Waals surface area contributed by atoms with E-state index >= 15 is 0 Å². The molecule has 0 aromatic heterocycles. The van der Waals surface area contributed by atoms with Crippen molar-refractivity contribution in [1.82, 2.24) is 0 Å². The molecule has 1 aliphatic rings. The Hall–Kier alpha value is -1.06. The second kappa shape index (κ2) is 2.77. The molecule has 0 amide bonds. The van der Waals surface area contributed by atoms with Crippen LogP contribution in [0.4, 0.5) is 5.69 Å². The van der Waals surface area contributed by atoms with Gasteiger partial charge in [-0.15, -0.1) is 0 Å². The topological polar surface area (TPSA) is 61.3 Å². The van der Waals surface area contributed by atoms with Crippen LogP contribution in [0.5, 0.6) is 0 Å². The van der Waals surface area contributed by atoms with Gasteiger partial charge in [-0.1, -0.05) is 12.1 Å². The third-order valence-corrected chi connectivity index (χ3v) is 2.16. The molecule has 12 heavy (non-hydrogen) atoms. The maximum atomic E-state index is 5.84. The van der Waals surface area contributed by atoms with E-state index in [2.05, 4.69) is 0 Å². The zero-order valence-corrected chi connectivity index (χ0v) is 6.79. The Kier molecular flexibility index (Phi) is 1.75. The van der Waals surface area contributed by atoms with Crippen LogP contribution in [0.1, 0.15) is 17.2 Å². The second-order valence-electron chi connectivity index (χ2n) is 3.04. The molecule has 3 heteroatoms. The van der Waals surface area contributed by atoms with Gasteiger partial charge < -0.3 is 16.2 Å². The maximum Gasteiger partial charge on any atom is 0.0721 e. The lowest BCUT2D eigenvalue weighted by molar-refractivity contribution is 0.0927. The van der Waals surface area contributed by atoms with Crippen molar-refractivity contribution < 1.29 is 4.74 Å². The molecule has 64 valence electrons. The van der Waals surface area contributed by atoms with Crippen molar-refractivity contribution in [2.75, 3.05) is 12.3 Å². The molecule has 0 aliphatic carbocycles. The van der Waals surface area contributed by atoms with Gasteiger partial charge in [0.05, 0.1) is 19.3 Å². The molecule has 1 aromatic rings. The lowest BCUT2D eigenvalue weighted by atomic mass is 9.98. The van der Waals surface area contributed by atoms with E-state index in [1.807, 2.05) is 18.2 Å². The highest BCUT2D eigenvalue weighted by Crippen LogP contribution is 2.27. The molecule has 1 heterocycles. The lowest BCUT2D eigenvalue weighted by Crippen LogP contribution is -2.24. The number of hydrogen-bond donors (Lipinski definition) is 2. The Balaban J connectivity index is 2.53. The zero-order chi connectivity index (χ0) is 8.55. The summed E-state index contributed by atoms with van der Waals surface area (Å²) in [4.78, 5) is 0. The molecule has 1 aliphatic heterocycles. The van der Waals surface area contributed by atoms with Gasteiger partial charge in [0.15, 0.2) is 0 Å². The van der Waals surface area contributed by atoms with Crippen LogP contribution in [0.25, 0.3) is 0 Å². The molecular formula is C9H12N2O. The first-order chi connectivity index (χ1) is 5.79. The highest BCUT2D eigenvalue weighted by Gasteiger charge is 2.18. The van der Waals surface area contributed by atoms with E-state index in [9.17, 15) is 0 Å². The highest BCUT2D eigenvalue weighted by molar-refractivity contribution is 5.53. The third-order valence-electron chi connectivity index (χ3n) is 2.16. The fourth-order valence-electron chi connectivity index (χ4n) is 1.59. The van der Waals surface area contributed by atoms with E-state index in [1.54, 1.807) is 0 Å². The van der Waals surface area contributed by atoms with Crippen LogP contribution in [-0.4, -0.2) is 6.61 Å². The van der Waals surface area contributed by atoms with Crippen LogP contribution in [0.15, 0.2) is 18.2 Å². The summed E-state index contributed by atoms with van der Waals surface area (Å²) in [5.41, 5.74) is 14.6. The van der Waals surface area contributed by atoms with Gasteiger partial charge in [0, 0.05) is 5.69 Å². The van der Waals surface area contributed by atoms with Gasteiger partial charge in [0.1, 0.15) is 0 Å². The van der Waals surface area contributed by atoms with Crippen LogP contribution >= 0.6 is 0 Å². The lowest BCUT2D eigenvalue weighted by Gasteiger charge is -2.23. The first-order valence-electron chi connectivity index (χ1n) is 3.99. The van der Waals surface area contributed by atoms with Crippen molar-refractivity contribution in [3.63, 3.8) is 0 Å². The van der Waals surface area contributed by atoms with Gasteiger partial charge in [-0.2, -0.15) is 0 Å². The summed E-state index contributed by atoms with van der Waals surface area (Å²) in [7, 11) is 0. The summed E-state index contributed by atoms with van der Waals surface area (Å²) < 4.78 is 5.28. The predicted octanol–water partition coefficient (Wildman–Crippen LogP) is 0.799. The molecule has 0 fully saturated rings. The van der Waals surface area contributed by atoms with Gasteiger partial charge in [-0.3, -0.25) is 0 Å². The Morgan fingerprint density at radius 1 is 1.42 bits per heavy atom. The van der Waals surface area contributed by atoms with Crippen molar-refractivity contribution in [1.29, 1.82) is 0 Å². The minimum atomic E-state index is -0.0602. The fourth-order valence-corrected chi connectivity index (χ4v) is 1.59. The van der Waals surface area contributed by atoms with Gasteiger partial charge in [-0.25, -0.2) is 0 Å². The van der Waals surface area contributed by atoms with E-state index in [-0.39, 0.29) is 6.04 Å².